The average molecular weight is 412 g/mol. The van der Waals surface area contributed by atoms with E-state index in [2.05, 4.69) is 50.2 Å². The molecule has 5 nitrogen and oxygen atoms in total. The fourth-order valence-electron chi connectivity index (χ4n) is 2.19. The van der Waals surface area contributed by atoms with Crippen LogP contribution in [0.25, 0.3) is 0 Å². The molecule has 1 atom stereocenters. The second-order valence-corrected chi connectivity index (χ2v) is 6.61. The Morgan fingerprint density at radius 3 is 2.43 bits per heavy atom. The lowest BCUT2D eigenvalue weighted by Crippen LogP contribution is -2.48. The summed E-state index contributed by atoms with van der Waals surface area (Å²) in [5.74, 6) is 1.47. The van der Waals surface area contributed by atoms with Crippen LogP contribution in [-0.4, -0.2) is 62.3 Å². The van der Waals surface area contributed by atoms with Gasteiger partial charge < -0.3 is 15.4 Å². The van der Waals surface area contributed by atoms with Crippen molar-refractivity contribution in [3.63, 3.8) is 0 Å². The van der Waals surface area contributed by atoms with Crippen molar-refractivity contribution in [2.24, 2.45) is 10.9 Å². The van der Waals surface area contributed by atoms with E-state index < -0.39 is 0 Å². The monoisotopic (exact) mass is 412 g/mol. The minimum absolute atomic E-state index is 0. The van der Waals surface area contributed by atoms with Crippen molar-refractivity contribution in [3.05, 3.63) is 0 Å². The minimum atomic E-state index is 0. The first-order valence-corrected chi connectivity index (χ1v) is 7.77. The van der Waals surface area contributed by atoms with E-state index in [4.69, 9.17) is 9.73 Å². The molecule has 1 rings (SSSR count). The van der Waals surface area contributed by atoms with E-state index in [1.807, 2.05) is 0 Å². The molecule has 21 heavy (non-hydrogen) atoms. The molecule has 6 heteroatoms. The number of rotatable bonds is 5. The molecular weight excluding hydrogens is 379 g/mol. The Morgan fingerprint density at radius 1 is 1.29 bits per heavy atom. The van der Waals surface area contributed by atoms with Gasteiger partial charge in [-0.3, -0.25) is 9.89 Å². The van der Waals surface area contributed by atoms with Gasteiger partial charge in [0.05, 0.1) is 13.2 Å². The minimum Gasteiger partial charge on any atom is -0.379 e. The lowest BCUT2D eigenvalue weighted by atomic mass is 10.1. The Labute approximate surface area is 147 Å². The maximum Gasteiger partial charge on any atom is 0.191 e. The van der Waals surface area contributed by atoms with Crippen LogP contribution in [0.2, 0.25) is 0 Å². The highest BCUT2D eigenvalue weighted by Crippen LogP contribution is 2.04. The van der Waals surface area contributed by atoms with Crippen LogP contribution in [0.3, 0.4) is 0 Å². The lowest BCUT2D eigenvalue weighted by molar-refractivity contribution is 0.0323. The molecule has 1 aliphatic rings. The molecule has 126 valence electrons. The third kappa shape index (κ3) is 10.3. The summed E-state index contributed by atoms with van der Waals surface area (Å²) in [4.78, 5) is 7.17. The number of aliphatic imine (C=N–C) groups is 1. The molecule has 0 aromatic heterocycles. The predicted octanol–water partition coefficient (Wildman–Crippen LogP) is 1.93. The van der Waals surface area contributed by atoms with Crippen LogP contribution in [0.1, 0.15) is 34.6 Å². The number of hydrogen-bond acceptors (Lipinski definition) is 3. The molecule has 0 aromatic carbocycles. The Hall–Kier alpha value is -0.0800. The normalized spacial score (nSPS) is 18.8. The maximum absolute atomic E-state index is 5.38. The summed E-state index contributed by atoms with van der Waals surface area (Å²) in [6.45, 7) is 17.5. The summed E-state index contributed by atoms with van der Waals surface area (Å²) < 4.78 is 5.38. The van der Waals surface area contributed by atoms with Crippen molar-refractivity contribution < 1.29 is 4.74 Å². The molecule has 0 amide bonds. The van der Waals surface area contributed by atoms with Crippen LogP contribution in [-0.2, 0) is 4.74 Å². The van der Waals surface area contributed by atoms with Gasteiger partial charge in [-0.25, -0.2) is 0 Å². The molecule has 1 heterocycles. The van der Waals surface area contributed by atoms with Crippen molar-refractivity contribution in [3.8, 4) is 0 Å². The fraction of sp³-hybridized carbons (Fsp3) is 0.933. The standard InChI is InChI=1S/C15H32N4O.HI/c1-6-16-14(18-15(3,4)5)17-11-13(2)12-19-7-9-20-10-8-19;/h13H,6-12H2,1-5H3,(H2,16,17,18);1H. The van der Waals surface area contributed by atoms with Gasteiger partial charge in [0.2, 0.25) is 0 Å². The summed E-state index contributed by atoms with van der Waals surface area (Å²) in [7, 11) is 0. The van der Waals surface area contributed by atoms with E-state index in [1.54, 1.807) is 0 Å². The van der Waals surface area contributed by atoms with Gasteiger partial charge in [0.1, 0.15) is 0 Å². The smallest absolute Gasteiger partial charge is 0.191 e. The molecular formula is C15H33IN4O. The SMILES string of the molecule is CCNC(=NCC(C)CN1CCOCC1)NC(C)(C)C.I. The van der Waals surface area contributed by atoms with Crippen molar-refractivity contribution in [2.75, 3.05) is 45.9 Å². The number of hydrogen-bond donors (Lipinski definition) is 2. The highest BCUT2D eigenvalue weighted by Gasteiger charge is 2.15. The number of nitrogens with zero attached hydrogens (tertiary/aromatic N) is 2. The first kappa shape index (κ1) is 20.9. The molecule has 1 unspecified atom stereocenters. The Kier molecular flexibility index (Phi) is 10.6. The Bertz CT molecular complexity index is 299. The highest BCUT2D eigenvalue weighted by atomic mass is 127. The molecule has 0 spiro atoms. The number of nitrogens with one attached hydrogen (secondary N) is 2. The summed E-state index contributed by atoms with van der Waals surface area (Å²) >= 11 is 0. The third-order valence-electron chi connectivity index (χ3n) is 3.07. The van der Waals surface area contributed by atoms with Crippen molar-refractivity contribution in [2.45, 2.75) is 40.2 Å². The third-order valence-corrected chi connectivity index (χ3v) is 3.07. The maximum atomic E-state index is 5.38. The summed E-state index contributed by atoms with van der Waals surface area (Å²) in [6, 6.07) is 0. The van der Waals surface area contributed by atoms with E-state index in [0.29, 0.717) is 5.92 Å². The molecule has 0 radical (unpaired) electrons. The number of ether oxygens (including phenoxy) is 1. The Morgan fingerprint density at radius 2 is 1.90 bits per heavy atom. The van der Waals surface area contributed by atoms with Crippen LogP contribution in [0, 0.1) is 5.92 Å². The van der Waals surface area contributed by atoms with E-state index in [-0.39, 0.29) is 29.5 Å². The van der Waals surface area contributed by atoms with Crippen molar-refractivity contribution in [1.29, 1.82) is 0 Å². The summed E-state index contributed by atoms with van der Waals surface area (Å²) in [6.07, 6.45) is 0. The number of guanidine groups is 1. The van der Waals surface area contributed by atoms with E-state index in [9.17, 15) is 0 Å². The van der Waals surface area contributed by atoms with Crippen LogP contribution in [0.4, 0.5) is 0 Å². The fourth-order valence-corrected chi connectivity index (χ4v) is 2.19. The molecule has 2 N–H and O–H groups in total. The van der Waals surface area contributed by atoms with Crippen LogP contribution in [0.15, 0.2) is 4.99 Å². The van der Waals surface area contributed by atoms with Crippen molar-refractivity contribution in [1.82, 2.24) is 15.5 Å². The van der Waals surface area contributed by atoms with Gasteiger partial charge in [0.25, 0.3) is 0 Å². The second-order valence-electron chi connectivity index (χ2n) is 6.61. The van der Waals surface area contributed by atoms with Gasteiger partial charge in [-0.1, -0.05) is 6.92 Å². The highest BCUT2D eigenvalue weighted by molar-refractivity contribution is 14.0. The van der Waals surface area contributed by atoms with Gasteiger partial charge in [-0.05, 0) is 33.6 Å². The zero-order valence-corrected chi connectivity index (χ0v) is 16.6. The largest absolute Gasteiger partial charge is 0.379 e. The molecule has 1 saturated heterocycles. The van der Waals surface area contributed by atoms with E-state index in [0.717, 1.165) is 51.9 Å². The van der Waals surface area contributed by atoms with Gasteiger partial charge in [0.15, 0.2) is 5.96 Å². The molecule has 1 aliphatic heterocycles. The average Bonchev–Trinajstić information content (AvgIpc) is 2.36. The predicted molar refractivity (Wildman–Crippen MR) is 101 cm³/mol. The number of morpholine rings is 1. The van der Waals surface area contributed by atoms with Crippen molar-refractivity contribution >= 4 is 29.9 Å². The molecule has 0 bridgehead atoms. The molecule has 0 saturated carbocycles. The second kappa shape index (κ2) is 10.6. The zero-order chi connectivity index (χ0) is 15.0. The van der Waals surface area contributed by atoms with E-state index >= 15 is 0 Å². The summed E-state index contributed by atoms with van der Waals surface area (Å²) in [5.41, 5.74) is 0.0362. The molecule has 0 aromatic rings. The summed E-state index contributed by atoms with van der Waals surface area (Å²) in [5, 5.41) is 6.72. The molecule has 1 fully saturated rings. The van der Waals surface area contributed by atoms with Crippen LogP contribution in [0.5, 0.6) is 0 Å². The van der Waals surface area contributed by atoms with Gasteiger partial charge in [-0.2, -0.15) is 0 Å². The first-order chi connectivity index (χ1) is 9.40. The first-order valence-electron chi connectivity index (χ1n) is 7.77. The Balaban J connectivity index is 0.00000400. The quantitative estimate of drug-likeness (QED) is 0.412. The van der Waals surface area contributed by atoms with Gasteiger partial charge in [-0.15, -0.1) is 24.0 Å². The topological polar surface area (TPSA) is 48.9 Å². The van der Waals surface area contributed by atoms with Gasteiger partial charge >= 0.3 is 0 Å². The van der Waals surface area contributed by atoms with Crippen LogP contribution >= 0.6 is 24.0 Å². The van der Waals surface area contributed by atoms with E-state index in [1.165, 1.54) is 0 Å². The lowest BCUT2D eigenvalue weighted by Gasteiger charge is -2.29. The van der Waals surface area contributed by atoms with Crippen LogP contribution < -0.4 is 10.6 Å². The zero-order valence-electron chi connectivity index (χ0n) is 14.2. The molecule has 0 aliphatic carbocycles. The number of halogens is 1. The van der Waals surface area contributed by atoms with Gasteiger partial charge in [0, 0.05) is 38.3 Å².